The van der Waals surface area contributed by atoms with Crippen LogP contribution in [0.25, 0.3) is 10.2 Å². The molecule has 0 spiro atoms. The summed E-state index contributed by atoms with van der Waals surface area (Å²) in [5.74, 6) is 1.47. The standard InChI is InChI=1S/C20H17N3O3S2/c21-8-3-9-23(14-6-7-16-17(12-14)26-11-10-25-16)19(24)13-27-20-22-15-4-1-2-5-18(15)28-20/h1-2,4-7,12H,3,9-11,13H2. The summed E-state index contributed by atoms with van der Waals surface area (Å²) in [6.45, 7) is 1.33. The zero-order chi connectivity index (χ0) is 19.3. The number of nitrogens with zero attached hydrogens (tertiary/aromatic N) is 3. The molecule has 1 aromatic heterocycles. The van der Waals surface area contributed by atoms with Crippen LogP contribution < -0.4 is 14.4 Å². The van der Waals surface area contributed by atoms with Crippen LogP contribution in [0.2, 0.25) is 0 Å². The Morgan fingerprint density at radius 2 is 2.04 bits per heavy atom. The predicted molar refractivity (Wildman–Crippen MR) is 110 cm³/mol. The summed E-state index contributed by atoms with van der Waals surface area (Å²) in [5.41, 5.74) is 1.64. The van der Waals surface area contributed by atoms with E-state index in [4.69, 9.17) is 14.7 Å². The van der Waals surface area contributed by atoms with Gasteiger partial charge in [-0.3, -0.25) is 4.79 Å². The molecular weight excluding hydrogens is 394 g/mol. The van der Waals surface area contributed by atoms with Crippen molar-refractivity contribution in [2.24, 2.45) is 0 Å². The second kappa shape index (κ2) is 8.50. The fraction of sp³-hybridized carbons (Fsp3) is 0.250. The van der Waals surface area contributed by atoms with Gasteiger partial charge in [-0.15, -0.1) is 11.3 Å². The Morgan fingerprint density at radius 3 is 2.86 bits per heavy atom. The number of thioether (sulfide) groups is 1. The zero-order valence-electron chi connectivity index (χ0n) is 15.0. The van der Waals surface area contributed by atoms with Crippen LogP contribution in [0.5, 0.6) is 11.5 Å². The molecule has 0 bridgehead atoms. The Kier molecular flexibility index (Phi) is 5.65. The lowest BCUT2D eigenvalue weighted by molar-refractivity contribution is -0.116. The molecule has 1 amide bonds. The summed E-state index contributed by atoms with van der Waals surface area (Å²) in [6, 6.07) is 15.4. The van der Waals surface area contributed by atoms with Crippen LogP contribution in [0.15, 0.2) is 46.8 Å². The SMILES string of the molecule is N#CCCN(C(=O)CSc1nc2ccccc2s1)c1ccc2c(c1)OCCO2. The van der Waals surface area contributed by atoms with Gasteiger partial charge in [0.25, 0.3) is 0 Å². The highest BCUT2D eigenvalue weighted by atomic mass is 32.2. The average Bonchev–Trinajstić information content (AvgIpc) is 3.15. The van der Waals surface area contributed by atoms with Crippen molar-refractivity contribution < 1.29 is 14.3 Å². The van der Waals surface area contributed by atoms with Gasteiger partial charge in [0.2, 0.25) is 5.91 Å². The van der Waals surface area contributed by atoms with Gasteiger partial charge in [0.15, 0.2) is 15.8 Å². The molecule has 0 radical (unpaired) electrons. The first-order valence-corrected chi connectivity index (χ1v) is 10.6. The first-order chi connectivity index (χ1) is 13.7. The van der Waals surface area contributed by atoms with Crippen molar-refractivity contribution >= 4 is 44.9 Å². The normalized spacial score (nSPS) is 12.5. The van der Waals surface area contributed by atoms with Crippen LogP contribution in [0, 0.1) is 11.3 Å². The summed E-state index contributed by atoms with van der Waals surface area (Å²) in [6.07, 6.45) is 0.256. The molecule has 0 fully saturated rings. The second-order valence-electron chi connectivity index (χ2n) is 6.02. The number of thiazole rings is 1. The maximum atomic E-state index is 12.9. The fourth-order valence-electron chi connectivity index (χ4n) is 2.87. The topological polar surface area (TPSA) is 75.5 Å². The summed E-state index contributed by atoms with van der Waals surface area (Å²) in [5, 5.41) is 8.98. The molecule has 0 N–H and O–H groups in total. The molecule has 3 aromatic rings. The number of rotatable bonds is 6. The van der Waals surface area contributed by atoms with E-state index in [0.29, 0.717) is 36.9 Å². The lowest BCUT2D eigenvalue weighted by atomic mass is 10.2. The van der Waals surface area contributed by atoms with Gasteiger partial charge in [0.05, 0.1) is 28.5 Å². The maximum absolute atomic E-state index is 12.9. The number of carbonyl (C=O) groups excluding carboxylic acids is 1. The molecule has 2 aromatic carbocycles. The first kappa shape index (κ1) is 18.6. The molecule has 0 atom stereocenters. The molecule has 8 heteroatoms. The fourth-order valence-corrected chi connectivity index (χ4v) is 4.82. The van der Waals surface area contributed by atoms with E-state index in [2.05, 4.69) is 11.1 Å². The molecular formula is C20H17N3O3S2. The molecule has 0 saturated heterocycles. The predicted octanol–water partition coefficient (Wildman–Crippen LogP) is 4.11. The molecule has 28 heavy (non-hydrogen) atoms. The maximum Gasteiger partial charge on any atom is 0.237 e. The highest BCUT2D eigenvalue weighted by molar-refractivity contribution is 8.01. The minimum atomic E-state index is -0.0730. The van der Waals surface area contributed by atoms with Crippen molar-refractivity contribution in [1.82, 2.24) is 4.98 Å². The van der Waals surface area contributed by atoms with Crippen LogP contribution in [0.3, 0.4) is 0 Å². The van der Waals surface area contributed by atoms with E-state index < -0.39 is 0 Å². The molecule has 1 aliphatic rings. The Labute approximate surface area is 170 Å². The molecule has 6 nitrogen and oxygen atoms in total. The third-order valence-corrected chi connectivity index (χ3v) is 6.34. The Bertz CT molecular complexity index is 1010. The molecule has 0 aliphatic carbocycles. The number of hydrogen-bond acceptors (Lipinski definition) is 7. The molecule has 0 saturated carbocycles. The summed E-state index contributed by atoms with van der Waals surface area (Å²) in [4.78, 5) is 19.1. The third-order valence-electron chi connectivity index (χ3n) is 4.18. The summed E-state index contributed by atoms with van der Waals surface area (Å²) >= 11 is 2.99. The quantitative estimate of drug-likeness (QED) is 0.568. The van der Waals surface area contributed by atoms with Crippen molar-refractivity contribution in [3.05, 3.63) is 42.5 Å². The highest BCUT2D eigenvalue weighted by Gasteiger charge is 2.20. The first-order valence-electron chi connectivity index (χ1n) is 8.80. The van der Waals surface area contributed by atoms with Crippen LogP contribution in [0.4, 0.5) is 5.69 Å². The van der Waals surface area contributed by atoms with Crippen LogP contribution in [0.1, 0.15) is 6.42 Å². The number of nitriles is 1. The summed E-state index contributed by atoms with van der Waals surface area (Å²) < 4.78 is 13.1. The van der Waals surface area contributed by atoms with Crippen LogP contribution >= 0.6 is 23.1 Å². The smallest absolute Gasteiger partial charge is 0.237 e. The van der Waals surface area contributed by atoms with Gasteiger partial charge in [-0.1, -0.05) is 23.9 Å². The van der Waals surface area contributed by atoms with Crippen molar-refractivity contribution in [3.63, 3.8) is 0 Å². The third kappa shape index (κ3) is 4.06. The highest BCUT2D eigenvalue weighted by Crippen LogP contribution is 2.35. The van der Waals surface area contributed by atoms with Gasteiger partial charge in [-0.2, -0.15) is 5.26 Å². The molecule has 0 unspecified atom stereocenters. The minimum absolute atomic E-state index is 0.0730. The van der Waals surface area contributed by atoms with E-state index in [1.807, 2.05) is 30.3 Å². The number of amides is 1. The number of fused-ring (bicyclic) bond motifs is 2. The monoisotopic (exact) mass is 411 g/mol. The van der Waals surface area contributed by atoms with Gasteiger partial charge in [0.1, 0.15) is 13.2 Å². The van der Waals surface area contributed by atoms with E-state index in [1.54, 1.807) is 28.4 Å². The van der Waals surface area contributed by atoms with Crippen LogP contribution in [-0.2, 0) is 4.79 Å². The van der Waals surface area contributed by atoms with Gasteiger partial charge in [0, 0.05) is 18.3 Å². The van der Waals surface area contributed by atoms with E-state index in [0.717, 1.165) is 14.6 Å². The number of benzene rings is 2. The van der Waals surface area contributed by atoms with Crippen LogP contribution in [-0.4, -0.2) is 36.4 Å². The van der Waals surface area contributed by atoms with Gasteiger partial charge in [-0.25, -0.2) is 4.98 Å². The molecule has 1 aliphatic heterocycles. The van der Waals surface area contributed by atoms with E-state index in [1.165, 1.54) is 11.8 Å². The van der Waals surface area contributed by atoms with Crippen molar-refractivity contribution in [2.75, 3.05) is 30.4 Å². The van der Waals surface area contributed by atoms with Crippen molar-refractivity contribution in [1.29, 1.82) is 5.26 Å². The number of ether oxygens (including phenoxy) is 2. The van der Waals surface area contributed by atoms with Gasteiger partial charge >= 0.3 is 0 Å². The number of anilines is 1. The largest absolute Gasteiger partial charge is 0.486 e. The number of carbonyl (C=O) groups is 1. The van der Waals surface area contributed by atoms with E-state index >= 15 is 0 Å². The van der Waals surface area contributed by atoms with E-state index in [9.17, 15) is 4.79 Å². The average molecular weight is 412 g/mol. The minimum Gasteiger partial charge on any atom is -0.486 e. The van der Waals surface area contributed by atoms with Gasteiger partial charge in [-0.05, 0) is 24.3 Å². The lowest BCUT2D eigenvalue weighted by Gasteiger charge is -2.24. The Morgan fingerprint density at radius 1 is 1.21 bits per heavy atom. The number of para-hydroxylation sites is 1. The second-order valence-corrected chi connectivity index (χ2v) is 8.27. The van der Waals surface area contributed by atoms with Gasteiger partial charge < -0.3 is 14.4 Å². The van der Waals surface area contributed by atoms with Crippen molar-refractivity contribution in [3.8, 4) is 17.6 Å². The summed E-state index contributed by atoms with van der Waals surface area (Å²) in [7, 11) is 0. The number of aromatic nitrogens is 1. The van der Waals surface area contributed by atoms with E-state index in [-0.39, 0.29) is 18.1 Å². The Balaban J connectivity index is 1.50. The zero-order valence-corrected chi connectivity index (χ0v) is 16.6. The molecule has 142 valence electrons. The lowest BCUT2D eigenvalue weighted by Crippen LogP contribution is -2.33. The Hall–Kier alpha value is -2.76. The van der Waals surface area contributed by atoms with Crippen molar-refractivity contribution in [2.45, 2.75) is 10.8 Å². The molecule has 2 heterocycles. The molecule has 4 rings (SSSR count). The number of hydrogen-bond donors (Lipinski definition) is 0.